The van der Waals surface area contributed by atoms with E-state index in [1.54, 1.807) is 6.92 Å². The number of aromatic nitrogens is 1. The molecular weight excluding hydrogens is 270 g/mol. The highest BCUT2D eigenvalue weighted by molar-refractivity contribution is 7.89. The molecule has 0 radical (unpaired) electrons. The Hall–Kier alpha value is -2.19. The molecule has 1 amide bonds. The van der Waals surface area contributed by atoms with Gasteiger partial charge in [-0.2, -0.15) is 0 Å². The highest BCUT2D eigenvalue weighted by Crippen LogP contribution is 2.19. The fourth-order valence-corrected chi connectivity index (χ4v) is 2.07. The molecule has 0 unspecified atom stereocenters. The zero-order chi connectivity index (χ0) is 14.0. The largest absolute Gasteiger partial charge is 0.364 e. The van der Waals surface area contributed by atoms with Crippen molar-refractivity contribution in [1.29, 1.82) is 0 Å². The van der Waals surface area contributed by atoms with E-state index in [9.17, 15) is 13.2 Å². The first-order chi connectivity index (χ1) is 8.88. The van der Waals surface area contributed by atoms with Crippen molar-refractivity contribution in [2.24, 2.45) is 5.14 Å². The summed E-state index contributed by atoms with van der Waals surface area (Å²) >= 11 is 0. The smallest absolute Gasteiger partial charge is 0.277 e. The van der Waals surface area contributed by atoms with E-state index in [4.69, 9.17) is 5.14 Å². The molecule has 19 heavy (non-hydrogen) atoms. The van der Waals surface area contributed by atoms with E-state index in [1.807, 2.05) is 0 Å². The maximum Gasteiger partial charge on any atom is 0.277 e. The minimum absolute atomic E-state index is 0.00978. The van der Waals surface area contributed by atoms with Gasteiger partial charge in [0, 0.05) is 11.8 Å². The second kappa shape index (κ2) is 4.82. The molecule has 2 aromatic rings. The number of nitrogens with zero attached hydrogens (tertiary/aromatic N) is 1. The fourth-order valence-electron chi connectivity index (χ4n) is 1.47. The Bertz CT molecular complexity index is 708. The average Bonchev–Trinajstić information content (AvgIpc) is 2.84. The number of amides is 1. The molecule has 2 rings (SSSR count). The van der Waals surface area contributed by atoms with E-state index in [0.717, 1.165) is 0 Å². The molecule has 0 aliphatic rings. The summed E-state index contributed by atoms with van der Waals surface area (Å²) in [5.41, 5.74) is 1.18. The molecule has 1 heterocycles. The number of rotatable bonds is 3. The fraction of sp³-hybridized carbons (Fsp3) is 0.0909. The Labute approximate surface area is 109 Å². The summed E-state index contributed by atoms with van der Waals surface area (Å²) in [6, 6.07) is 5.59. The summed E-state index contributed by atoms with van der Waals surface area (Å²) < 4.78 is 26.9. The van der Waals surface area contributed by atoms with Gasteiger partial charge in [-0.25, -0.2) is 13.6 Å². The molecule has 100 valence electrons. The topological polar surface area (TPSA) is 115 Å². The molecule has 0 spiro atoms. The number of carbonyl (C=O) groups excluding carboxylic acids is 1. The van der Waals surface area contributed by atoms with Crippen LogP contribution >= 0.6 is 0 Å². The Kier molecular flexibility index (Phi) is 3.36. The highest BCUT2D eigenvalue weighted by atomic mass is 32.2. The minimum Gasteiger partial charge on any atom is -0.364 e. The predicted molar refractivity (Wildman–Crippen MR) is 67.0 cm³/mol. The van der Waals surface area contributed by atoms with Crippen LogP contribution in [0.2, 0.25) is 0 Å². The molecule has 0 atom stereocenters. The summed E-state index contributed by atoms with van der Waals surface area (Å²) in [5.74, 6) is -0.444. The van der Waals surface area contributed by atoms with Crippen molar-refractivity contribution in [2.75, 3.05) is 5.32 Å². The zero-order valence-electron chi connectivity index (χ0n) is 9.95. The van der Waals surface area contributed by atoms with Crippen LogP contribution in [-0.2, 0) is 10.0 Å². The number of nitrogens with two attached hydrogens (primary N) is 1. The summed E-state index contributed by atoms with van der Waals surface area (Å²) in [6.45, 7) is 1.66. The van der Waals surface area contributed by atoms with Crippen LogP contribution in [0.15, 0.2) is 39.9 Å². The van der Waals surface area contributed by atoms with Crippen LogP contribution in [0.3, 0.4) is 0 Å². The van der Waals surface area contributed by atoms with E-state index < -0.39 is 15.9 Å². The van der Waals surface area contributed by atoms with Gasteiger partial charge < -0.3 is 9.84 Å². The van der Waals surface area contributed by atoms with Crippen molar-refractivity contribution < 1.29 is 17.7 Å². The molecule has 0 saturated heterocycles. The molecule has 0 fully saturated rings. The lowest BCUT2D eigenvalue weighted by atomic mass is 10.2. The number of hydrogen-bond acceptors (Lipinski definition) is 5. The van der Waals surface area contributed by atoms with Gasteiger partial charge in [0.1, 0.15) is 6.26 Å². The van der Waals surface area contributed by atoms with Gasteiger partial charge in [-0.05, 0) is 30.7 Å². The molecule has 8 heteroatoms. The van der Waals surface area contributed by atoms with E-state index in [0.29, 0.717) is 11.3 Å². The van der Waals surface area contributed by atoms with Crippen molar-refractivity contribution in [1.82, 2.24) is 5.16 Å². The quantitative estimate of drug-likeness (QED) is 0.866. The van der Waals surface area contributed by atoms with Crippen LogP contribution in [0, 0.1) is 6.92 Å². The van der Waals surface area contributed by atoms with Crippen molar-refractivity contribution >= 4 is 21.6 Å². The second-order valence-corrected chi connectivity index (χ2v) is 5.42. The Morgan fingerprint density at radius 1 is 1.37 bits per heavy atom. The molecule has 0 aliphatic heterocycles. The summed E-state index contributed by atoms with van der Waals surface area (Å²) in [7, 11) is -3.75. The Morgan fingerprint density at radius 2 is 2.11 bits per heavy atom. The molecular formula is C11H11N3O4S. The number of hydrogen-bond donors (Lipinski definition) is 2. The normalized spacial score (nSPS) is 11.3. The van der Waals surface area contributed by atoms with E-state index >= 15 is 0 Å². The predicted octanol–water partition coefficient (Wildman–Crippen LogP) is 0.883. The van der Waals surface area contributed by atoms with Gasteiger partial charge in [0.2, 0.25) is 10.0 Å². The summed E-state index contributed by atoms with van der Waals surface area (Å²) in [6.07, 6.45) is 1.28. The summed E-state index contributed by atoms with van der Waals surface area (Å²) in [5, 5.41) is 11.1. The van der Waals surface area contributed by atoms with Crippen LogP contribution in [-0.4, -0.2) is 19.5 Å². The number of carbonyl (C=O) groups is 1. The number of anilines is 1. The number of sulfonamides is 1. The molecule has 0 bridgehead atoms. The first-order valence-electron chi connectivity index (χ1n) is 5.23. The maximum atomic E-state index is 11.7. The van der Waals surface area contributed by atoms with Crippen molar-refractivity contribution in [3.05, 3.63) is 41.8 Å². The highest BCUT2D eigenvalue weighted by Gasteiger charge is 2.13. The lowest BCUT2D eigenvalue weighted by molar-refractivity contribution is 0.101. The van der Waals surface area contributed by atoms with Gasteiger partial charge in [0.15, 0.2) is 5.69 Å². The molecule has 3 N–H and O–H groups in total. The first kappa shape index (κ1) is 13.2. The van der Waals surface area contributed by atoms with Gasteiger partial charge in [0.25, 0.3) is 5.91 Å². The van der Waals surface area contributed by atoms with Gasteiger partial charge in [0.05, 0.1) is 4.90 Å². The monoisotopic (exact) mass is 281 g/mol. The average molecular weight is 281 g/mol. The molecule has 1 aromatic carbocycles. The summed E-state index contributed by atoms with van der Waals surface area (Å²) in [4.78, 5) is 11.7. The van der Waals surface area contributed by atoms with Crippen LogP contribution in [0.5, 0.6) is 0 Å². The van der Waals surface area contributed by atoms with Crippen molar-refractivity contribution in [2.45, 2.75) is 11.8 Å². The van der Waals surface area contributed by atoms with Crippen LogP contribution < -0.4 is 10.5 Å². The number of benzene rings is 1. The minimum atomic E-state index is -3.75. The number of aryl methyl sites for hydroxylation is 1. The maximum absolute atomic E-state index is 11.7. The van der Waals surface area contributed by atoms with Crippen LogP contribution in [0.4, 0.5) is 5.69 Å². The standard InChI is InChI=1S/C11H11N3O4S/c1-7-6-8(19(12,16)17)2-3-9(7)13-11(15)10-4-5-18-14-10/h2-6H,1H3,(H,13,15)(H2,12,16,17). The Morgan fingerprint density at radius 3 is 2.63 bits per heavy atom. The molecule has 0 aliphatic carbocycles. The molecule has 7 nitrogen and oxygen atoms in total. The molecule has 1 aromatic heterocycles. The zero-order valence-corrected chi connectivity index (χ0v) is 10.8. The van der Waals surface area contributed by atoms with Gasteiger partial charge >= 0.3 is 0 Å². The lowest BCUT2D eigenvalue weighted by Crippen LogP contribution is -2.15. The molecule has 0 saturated carbocycles. The SMILES string of the molecule is Cc1cc(S(N)(=O)=O)ccc1NC(=O)c1ccon1. The van der Waals surface area contributed by atoms with E-state index in [1.165, 1.54) is 30.5 Å². The van der Waals surface area contributed by atoms with E-state index in [-0.39, 0.29) is 10.6 Å². The third-order valence-electron chi connectivity index (χ3n) is 2.45. The first-order valence-corrected chi connectivity index (χ1v) is 6.78. The third kappa shape index (κ3) is 2.98. The van der Waals surface area contributed by atoms with Gasteiger partial charge in [-0.15, -0.1) is 0 Å². The van der Waals surface area contributed by atoms with Crippen molar-refractivity contribution in [3.63, 3.8) is 0 Å². The van der Waals surface area contributed by atoms with E-state index in [2.05, 4.69) is 15.0 Å². The lowest BCUT2D eigenvalue weighted by Gasteiger charge is -2.08. The Balaban J connectivity index is 2.25. The van der Waals surface area contributed by atoms with Crippen LogP contribution in [0.1, 0.15) is 16.1 Å². The van der Waals surface area contributed by atoms with Crippen LogP contribution in [0.25, 0.3) is 0 Å². The van der Waals surface area contributed by atoms with Crippen molar-refractivity contribution in [3.8, 4) is 0 Å². The van der Waals surface area contributed by atoms with Gasteiger partial charge in [-0.3, -0.25) is 4.79 Å². The number of primary sulfonamides is 1. The third-order valence-corrected chi connectivity index (χ3v) is 3.36. The van der Waals surface area contributed by atoms with Gasteiger partial charge in [-0.1, -0.05) is 5.16 Å². The number of nitrogens with one attached hydrogen (secondary N) is 1. The second-order valence-electron chi connectivity index (χ2n) is 3.86.